The van der Waals surface area contributed by atoms with Gasteiger partial charge in [-0.2, -0.15) is 0 Å². The second-order valence-corrected chi connectivity index (χ2v) is 6.31. The Morgan fingerprint density at radius 3 is 2.33 bits per heavy atom. The highest BCUT2D eigenvalue weighted by molar-refractivity contribution is 4.98. The normalized spacial score (nSPS) is 38.8. The van der Waals surface area contributed by atoms with Crippen LogP contribution in [-0.4, -0.2) is 5.54 Å². The molecule has 0 aromatic carbocycles. The maximum Gasteiger partial charge on any atom is 0.0185 e. The third-order valence-corrected chi connectivity index (χ3v) is 4.97. The van der Waals surface area contributed by atoms with Crippen molar-refractivity contribution < 1.29 is 0 Å². The lowest BCUT2D eigenvalue weighted by atomic mass is 9.66. The minimum Gasteiger partial charge on any atom is -0.325 e. The molecule has 15 heavy (non-hydrogen) atoms. The fraction of sp³-hybridized carbons (Fsp3) is 1.00. The van der Waals surface area contributed by atoms with Crippen molar-refractivity contribution in [3.8, 4) is 0 Å². The van der Waals surface area contributed by atoms with Gasteiger partial charge in [0.2, 0.25) is 0 Å². The van der Waals surface area contributed by atoms with Gasteiger partial charge in [-0.15, -0.1) is 0 Å². The lowest BCUT2D eigenvalue weighted by molar-refractivity contribution is 0.129. The van der Waals surface area contributed by atoms with Gasteiger partial charge in [-0.05, 0) is 43.4 Å². The standard InChI is InChI=1S/C14H27N/c1-11(2)12-6-5-9-14(15,10-12)13-7-3-4-8-13/h11-13H,3-10,15H2,1-2H3. The van der Waals surface area contributed by atoms with Crippen LogP contribution in [0.2, 0.25) is 0 Å². The van der Waals surface area contributed by atoms with E-state index in [-0.39, 0.29) is 5.54 Å². The van der Waals surface area contributed by atoms with E-state index in [0.29, 0.717) is 0 Å². The van der Waals surface area contributed by atoms with E-state index in [1.54, 1.807) is 0 Å². The summed E-state index contributed by atoms with van der Waals surface area (Å²) >= 11 is 0. The van der Waals surface area contributed by atoms with Crippen molar-refractivity contribution in [2.24, 2.45) is 23.5 Å². The first-order valence-corrected chi connectivity index (χ1v) is 6.91. The van der Waals surface area contributed by atoms with Gasteiger partial charge in [-0.1, -0.05) is 39.5 Å². The third kappa shape index (κ3) is 2.38. The highest BCUT2D eigenvalue weighted by atomic mass is 14.8. The Morgan fingerprint density at radius 2 is 1.73 bits per heavy atom. The van der Waals surface area contributed by atoms with Crippen LogP contribution in [0, 0.1) is 17.8 Å². The van der Waals surface area contributed by atoms with E-state index in [1.165, 1.54) is 51.4 Å². The van der Waals surface area contributed by atoms with E-state index in [0.717, 1.165) is 17.8 Å². The number of rotatable bonds is 2. The zero-order chi connectivity index (χ0) is 10.9. The van der Waals surface area contributed by atoms with Gasteiger partial charge in [0.05, 0.1) is 0 Å². The zero-order valence-corrected chi connectivity index (χ0v) is 10.5. The number of hydrogen-bond acceptors (Lipinski definition) is 1. The first-order valence-electron chi connectivity index (χ1n) is 6.91. The number of nitrogens with two attached hydrogens (primary N) is 1. The molecule has 2 saturated carbocycles. The maximum atomic E-state index is 6.69. The molecule has 2 rings (SSSR count). The average Bonchev–Trinajstić information content (AvgIpc) is 2.71. The minimum atomic E-state index is 0.212. The minimum absolute atomic E-state index is 0.212. The van der Waals surface area contributed by atoms with Crippen molar-refractivity contribution >= 4 is 0 Å². The van der Waals surface area contributed by atoms with Crippen molar-refractivity contribution in [1.82, 2.24) is 0 Å². The van der Waals surface area contributed by atoms with E-state index in [4.69, 9.17) is 5.73 Å². The molecule has 1 heteroatoms. The number of hydrogen-bond donors (Lipinski definition) is 1. The van der Waals surface area contributed by atoms with Crippen molar-refractivity contribution in [3.63, 3.8) is 0 Å². The SMILES string of the molecule is CC(C)C1CCCC(N)(C2CCCC2)C1. The predicted octanol–water partition coefficient (Wildman–Crippen LogP) is 3.72. The summed E-state index contributed by atoms with van der Waals surface area (Å²) in [5.41, 5.74) is 6.90. The lowest BCUT2D eigenvalue weighted by Gasteiger charge is -2.43. The van der Waals surface area contributed by atoms with Crippen molar-refractivity contribution in [2.75, 3.05) is 0 Å². The molecule has 2 unspecified atom stereocenters. The highest BCUT2D eigenvalue weighted by Crippen LogP contribution is 2.44. The third-order valence-electron chi connectivity index (χ3n) is 4.97. The van der Waals surface area contributed by atoms with Crippen LogP contribution in [0.25, 0.3) is 0 Å². The Labute approximate surface area is 94.8 Å². The summed E-state index contributed by atoms with van der Waals surface area (Å²) in [6, 6.07) is 0. The first-order chi connectivity index (χ1) is 7.12. The van der Waals surface area contributed by atoms with Crippen molar-refractivity contribution in [3.05, 3.63) is 0 Å². The molecule has 0 aromatic heterocycles. The zero-order valence-electron chi connectivity index (χ0n) is 10.5. The summed E-state index contributed by atoms with van der Waals surface area (Å²) in [4.78, 5) is 0. The molecule has 2 aliphatic rings. The largest absolute Gasteiger partial charge is 0.325 e. The van der Waals surface area contributed by atoms with Crippen LogP contribution in [0.3, 0.4) is 0 Å². The van der Waals surface area contributed by atoms with E-state index >= 15 is 0 Å². The van der Waals surface area contributed by atoms with E-state index in [1.807, 2.05) is 0 Å². The molecule has 0 bridgehead atoms. The molecule has 0 spiro atoms. The van der Waals surface area contributed by atoms with Crippen molar-refractivity contribution in [2.45, 2.75) is 70.8 Å². The van der Waals surface area contributed by atoms with Gasteiger partial charge in [0.15, 0.2) is 0 Å². The van der Waals surface area contributed by atoms with E-state index in [2.05, 4.69) is 13.8 Å². The van der Waals surface area contributed by atoms with Gasteiger partial charge in [0.1, 0.15) is 0 Å². The molecule has 0 amide bonds. The summed E-state index contributed by atoms with van der Waals surface area (Å²) in [6.07, 6.45) is 11.0. The summed E-state index contributed by atoms with van der Waals surface area (Å²) in [7, 11) is 0. The Balaban J connectivity index is 2.00. The summed E-state index contributed by atoms with van der Waals surface area (Å²) < 4.78 is 0. The summed E-state index contributed by atoms with van der Waals surface area (Å²) in [5.74, 6) is 2.57. The molecule has 0 radical (unpaired) electrons. The Bertz CT molecular complexity index is 205. The molecule has 0 aromatic rings. The molecule has 1 nitrogen and oxygen atoms in total. The highest BCUT2D eigenvalue weighted by Gasteiger charge is 2.40. The topological polar surface area (TPSA) is 26.0 Å². The van der Waals surface area contributed by atoms with Crippen LogP contribution in [0.15, 0.2) is 0 Å². The van der Waals surface area contributed by atoms with Crippen LogP contribution >= 0.6 is 0 Å². The fourth-order valence-corrected chi connectivity index (χ4v) is 3.83. The van der Waals surface area contributed by atoms with E-state index < -0.39 is 0 Å². The monoisotopic (exact) mass is 209 g/mol. The molecule has 0 aliphatic heterocycles. The lowest BCUT2D eigenvalue weighted by Crippen LogP contribution is -2.50. The average molecular weight is 209 g/mol. The van der Waals surface area contributed by atoms with Crippen LogP contribution in [0.5, 0.6) is 0 Å². The van der Waals surface area contributed by atoms with Gasteiger partial charge in [0, 0.05) is 5.54 Å². The van der Waals surface area contributed by atoms with Gasteiger partial charge < -0.3 is 5.73 Å². The fourth-order valence-electron chi connectivity index (χ4n) is 3.83. The summed E-state index contributed by atoms with van der Waals surface area (Å²) in [5, 5.41) is 0. The summed E-state index contributed by atoms with van der Waals surface area (Å²) in [6.45, 7) is 4.73. The molecular formula is C14H27N. The van der Waals surface area contributed by atoms with Gasteiger partial charge in [-0.3, -0.25) is 0 Å². The second-order valence-electron chi connectivity index (χ2n) is 6.31. The predicted molar refractivity (Wildman–Crippen MR) is 65.7 cm³/mol. The molecule has 2 fully saturated rings. The molecule has 2 aliphatic carbocycles. The Kier molecular flexibility index (Phi) is 3.39. The first kappa shape index (κ1) is 11.4. The van der Waals surface area contributed by atoms with E-state index in [9.17, 15) is 0 Å². The van der Waals surface area contributed by atoms with Crippen molar-refractivity contribution in [1.29, 1.82) is 0 Å². The molecular weight excluding hydrogens is 182 g/mol. The quantitative estimate of drug-likeness (QED) is 0.737. The van der Waals surface area contributed by atoms with Crippen LogP contribution in [0.4, 0.5) is 0 Å². The molecule has 2 atom stereocenters. The van der Waals surface area contributed by atoms with Gasteiger partial charge in [0.25, 0.3) is 0 Å². The Hall–Kier alpha value is -0.0400. The van der Waals surface area contributed by atoms with Gasteiger partial charge in [-0.25, -0.2) is 0 Å². The maximum absolute atomic E-state index is 6.69. The Morgan fingerprint density at radius 1 is 1.07 bits per heavy atom. The smallest absolute Gasteiger partial charge is 0.0185 e. The van der Waals surface area contributed by atoms with Gasteiger partial charge >= 0.3 is 0 Å². The van der Waals surface area contributed by atoms with Crippen LogP contribution in [0.1, 0.15) is 65.2 Å². The molecule has 0 heterocycles. The molecule has 0 saturated heterocycles. The van der Waals surface area contributed by atoms with Crippen LogP contribution in [-0.2, 0) is 0 Å². The molecule has 2 N–H and O–H groups in total. The molecule has 88 valence electrons. The second kappa shape index (κ2) is 4.45. The van der Waals surface area contributed by atoms with Crippen LogP contribution < -0.4 is 5.73 Å².